The molecular weight excluding hydrogens is 430 g/mol. The summed E-state index contributed by atoms with van der Waals surface area (Å²) in [6, 6.07) is 14.9. The van der Waals surface area contributed by atoms with Gasteiger partial charge in [-0.1, -0.05) is 25.1 Å². The number of hydrogen-bond acceptors (Lipinski definition) is 5. The molecule has 0 N–H and O–H groups in total. The summed E-state index contributed by atoms with van der Waals surface area (Å²) >= 11 is 0. The number of rotatable bonds is 5. The highest BCUT2D eigenvalue weighted by molar-refractivity contribution is 6.16. The topological polar surface area (TPSA) is 72.6 Å². The number of para-hydroxylation sites is 1. The number of aromatic nitrogens is 3. The molecule has 2 aromatic heterocycles. The molecule has 4 aromatic rings. The second-order valence-electron chi connectivity index (χ2n) is 8.70. The first kappa shape index (κ1) is 22.2. The number of carbonyl (C=O) groups excluding carboxylic acids is 1. The summed E-state index contributed by atoms with van der Waals surface area (Å²) in [5.74, 6) is 0.545. The molecule has 1 saturated heterocycles. The van der Waals surface area contributed by atoms with E-state index in [1.807, 2.05) is 40.8 Å². The van der Waals surface area contributed by atoms with Crippen LogP contribution in [0.2, 0.25) is 0 Å². The fraction of sp³-hybridized carbons (Fsp3) is 0.346. The summed E-state index contributed by atoms with van der Waals surface area (Å²) in [7, 11) is 3.46. The van der Waals surface area contributed by atoms with Crippen molar-refractivity contribution in [2.75, 3.05) is 39.8 Å². The van der Waals surface area contributed by atoms with E-state index in [-0.39, 0.29) is 11.5 Å². The highest BCUT2D eigenvalue weighted by Gasteiger charge is 2.28. The van der Waals surface area contributed by atoms with Crippen LogP contribution >= 0.6 is 0 Å². The van der Waals surface area contributed by atoms with Crippen LogP contribution in [0.4, 0.5) is 0 Å². The maximum absolute atomic E-state index is 13.8. The van der Waals surface area contributed by atoms with E-state index in [0.29, 0.717) is 41.1 Å². The number of hydrogen-bond donors (Lipinski definition) is 0. The number of ether oxygens (including phenoxy) is 1. The van der Waals surface area contributed by atoms with E-state index in [1.165, 1.54) is 4.68 Å². The number of carbonyl (C=O) groups is 1. The molecule has 0 bridgehead atoms. The SMILES string of the molecule is CCCN1CCN(C(=O)c2nn(-c3ccc(OC)cc3)c(=O)c3c2c2ccccc2n3C)CC1. The molecule has 8 heteroatoms. The van der Waals surface area contributed by atoms with E-state index in [2.05, 4.69) is 16.9 Å². The molecule has 3 heterocycles. The molecule has 1 aliphatic rings. The van der Waals surface area contributed by atoms with Gasteiger partial charge in [-0.3, -0.25) is 14.5 Å². The van der Waals surface area contributed by atoms with Crippen molar-refractivity contribution in [2.45, 2.75) is 13.3 Å². The largest absolute Gasteiger partial charge is 0.497 e. The van der Waals surface area contributed by atoms with Gasteiger partial charge in [0.15, 0.2) is 5.69 Å². The minimum atomic E-state index is -0.261. The van der Waals surface area contributed by atoms with E-state index in [9.17, 15) is 9.59 Å². The Kier molecular flexibility index (Phi) is 5.83. The first-order valence-corrected chi connectivity index (χ1v) is 11.7. The maximum Gasteiger partial charge on any atom is 0.296 e. The summed E-state index contributed by atoms with van der Waals surface area (Å²) < 4.78 is 8.46. The summed E-state index contributed by atoms with van der Waals surface area (Å²) in [6.45, 7) is 6.19. The summed E-state index contributed by atoms with van der Waals surface area (Å²) in [5, 5.41) is 6.15. The molecule has 0 aliphatic carbocycles. The van der Waals surface area contributed by atoms with Gasteiger partial charge in [0.25, 0.3) is 11.5 Å². The summed E-state index contributed by atoms with van der Waals surface area (Å²) in [4.78, 5) is 31.7. The van der Waals surface area contributed by atoms with Crippen molar-refractivity contribution in [3.8, 4) is 11.4 Å². The molecule has 1 amide bonds. The molecule has 5 rings (SSSR count). The van der Waals surface area contributed by atoms with E-state index < -0.39 is 0 Å². The zero-order chi connectivity index (χ0) is 23.8. The van der Waals surface area contributed by atoms with Crippen LogP contribution < -0.4 is 10.3 Å². The van der Waals surface area contributed by atoms with Gasteiger partial charge >= 0.3 is 0 Å². The van der Waals surface area contributed by atoms with Gasteiger partial charge in [-0.15, -0.1) is 0 Å². The predicted octanol–water partition coefficient (Wildman–Crippen LogP) is 3.05. The van der Waals surface area contributed by atoms with Crippen LogP contribution in [-0.2, 0) is 7.05 Å². The number of fused-ring (bicyclic) bond motifs is 3. The van der Waals surface area contributed by atoms with Crippen LogP contribution in [0.15, 0.2) is 53.3 Å². The third-order valence-electron chi connectivity index (χ3n) is 6.66. The van der Waals surface area contributed by atoms with Crippen LogP contribution in [-0.4, -0.2) is 69.9 Å². The zero-order valence-corrected chi connectivity index (χ0v) is 19.8. The molecule has 0 unspecified atom stereocenters. The molecule has 0 saturated carbocycles. The lowest BCUT2D eigenvalue weighted by atomic mass is 10.1. The normalized spacial score (nSPS) is 14.7. The molecule has 0 radical (unpaired) electrons. The fourth-order valence-electron chi connectivity index (χ4n) is 4.87. The number of nitrogens with zero attached hydrogens (tertiary/aromatic N) is 5. The van der Waals surface area contributed by atoms with E-state index in [0.717, 1.165) is 37.0 Å². The van der Waals surface area contributed by atoms with Crippen LogP contribution in [0.3, 0.4) is 0 Å². The van der Waals surface area contributed by atoms with Crippen LogP contribution in [0.5, 0.6) is 5.75 Å². The number of methoxy groups -OCH3 is 1. The molecule has 176 valence electrons. The van der Waals surface area contributed by atoms with Gasteiger partial charge in [-0.05, 0) is 43.3 Å². The predicted molar refractivity (Wildman–Crippen MR) is 133 cm³/mol. The smallest absolute Gasteiger partial charge is 0.296 e. The average Bonchev–Trinajstić information content (AvgIpc) is 3.18. The number of benzene rings is 2. The van der Waals surface area contributed by atoms with Gasteiger partial charge in [-0.2, -0.15) is 9.78 Å². The lowest BCUT2D eigenvalue weighted by Crippen LogP contribution is -2.49. The monoisotopic (exact) mass is 459 g/mol. The van der Waals surface area contributed by atoms with Crippen molar-refractivity contribution in [1.82, 2.24) is 24.1 Å². The van der Waals surface area contributed by atoms with Crippen LogP contribution in [0.1, 0.15) is 23.8 Å². The maximum atomic E-state index is 13.8. The Balaban J connectivity index is 1.69. The number of aryl methyl sites for hydroxylation is 1. The Morgan fingerprint density at radius 2 is 1.74 bits per heavy atom. The summed E-state index contributed by atoms with van der Waals surface area (Å²) in [6.07, 6.45) is 1.10. The van der Waals surface area contributed by atoms with Crippen molar-refractivity contribution in [3.63, 3.8) is 0 Å². The third-order valence-corrected chi connectivity index (χ3v) is 6.66. The molecule has 0 spiro atoms. The summed E-state index contributed by atoms with van der Waals surface area (Å²) in [5.41, 5.74) is 2.00. The Bertz CT molecular complexity index is 1410. The molecule has 1 fully saturated rings. The Labute approximate surface area is 197 Å². The molecule has 34 heavy (non-hydrogen) atoms. The fourth-order valence-corrected chi connectivity index (χ4v) is 4.87. The van der Waals surface area contributed by atoms with Crippen LogP contribution in [0.25, 0.3) is 27.5 Å². The second kappa shape index (κ2) is 8.95. The minimum absolute atomic E-state index is 0.139. The van der Waals surface area contributed by atoms with E-state index in [1.54, 1.807) is 31.4 Å². The average molecular weight is 460 g/mol. The van der Waals surface area contributed by atoms with Crippen LogP contribution in [0, 0.1) is 0 Å². The van der Waals surface area contributed by atoms with Gasteiger partial charge < -0.3 is 14.2 Å². The lowest BCUT2D eigenvalue weighted by Gasteiger charge is -2.34. The number of amides is 1. The van der Waals surface area contributed by atoms with Gasteiger partial charge in [0.05, 0.1) is 12.8 Å². The quantitative estimate of drug-likeness (QED) is 0.459. The molecule has 0 atom stereocenters. The highest BCUT2D eigenvalue weighted by Crippen LogP contribution is 2.29. The van der Waals surface area contributed by atoms with E-state index in [4.69, 9.17) is 4.74 Å². The molecule has 8 nitrogen and oxygen atoms in total. The standard InChI is InChI=1S/C26H29N5O3/c1-4-13-29-14-16-30(17-15-29)25(32)23-22-20-7-5-6-8-21(20)28(2)24(22)26(33)31(27-23)18-9-11-19(34-3)12-10-18/h5-12H,4,13-17H2,1-3H3. The van der Waals surface area contributed by atoms with Crippen molar-refractivity contribution in [3.05, 3.63) is 64.6 Å². The van der Waals surface area contributed by atoms with Crippen molar-refractivity contribution >= 4 is 27.7 Å². The van der Waals surface area contributed by atoms with E-state index >= 15 is 0 Å². The van der Waals surface area contributed by atoms with Crippen molar-refractivity contribution in [1.29, 1.82) is 0 Å². The first-order chi connectivity index (χ1) is 16.5. The molecule has 1 aliphatic heterocycles. The van der Waals surface area contributed by atoms with Gasteiger partial charge in [0.1, 0.15) is 11.3 Å². The lowest BCUT2D eigenvalue weighted by molar-refractivity contribution is 0.0632. The molecule has 2 aromatic carbocycles. The second-order valence-corrected chi connectivity index (χ2v) is 8.70. The first-order valence-electron chi connectivity index (χ1n) is 11.7. The zero-order valence-electron chi connectivity index (χ0n) is 19.8. The van der Waals surface area contributed by atoms with Gasteiger partial charge in [-0.25, -0.2) is 0 Å². The van der Waals surface area contributed by atoms with Crippen molar-refractivity contribution < 1.29 is 9.53 Å². The Morgan fingerprint density at radius 1 is 1.03 bits per heavy atom. The van der Waals surface area contributed by atoms with Crippen molar-refractivity contribution in [2.24, 2.45) is 7.05 Å². The van der Waals surface area contributed by atoms with Gasteiger partial charge in [0.2, 0.25) is 0 Å². The Morgan fingerprint density at radius 3 is 2.41 bits per heavy atom. The number of piperazine rings is 1. The Hall–Kier alpha value is -3.65. The molecular formula is C26H29N5O3. The minimum Gasteiger partial charge on any atom is -0.497 e. The van der Waals surface area contributed by atoms with Gasteiger partial charge in [0, 0.05) is 49.5 Å². The highest BCUT2D eigenvalue weighted by atomic mass is 16.5. The third kappa shape index (κ3) is 3.64.